The Morgan fingerprint density at radius 3 is 2.71 bits per heavy atom. The molecule has 0 bridgehead atoms. The first kappa shape index (κ1) is 19.1. The van der Waals surface area contributed by atoms with E-state index in [0.29, 0.717) is 16.9 Å². The van der Waals surface area contributed by atoms with Crippen LogP contribution in [0.3, 0.4) is 0 Å². The second-order valence-corrected chi connectivity index (χ2v) is 8.31. The number of amides is 1. The molecule has 0 atom stereocenters. The summed E-state index contributed by atoms with van der Waals surface area (Å²) in [5, 5.41) is 4.34. The zero-order chi connectivity index (χ0) is 21.5. The average molecular weight is 427 g/mol. The number of benzene rings is 2. The molecule has 0 fully saturated rings. The van der Waals surface area contributed by atoms with Gasteiger partial charge in [-0.1, -0.05) is 41.7 Å². The topological polar surface area (TPSA) is 87.7 Å². The molecule has 0 unspecified atom stereocenters. The fourth-order valence-electron chi connectivity index (χ4n) is 3.64. The molecule has 0 spiro atoms. The fourth-order valence-corrected chi connectivity index (χ4v) is 4.55. The van der Waals surface area contributed by atoms with E-state index in [-0.39, 0.29) is 0 Å². The number of Topliss-reactive ketones (excluding diaryl/α,β-unsaturated/α-hetero) is 1. The number of aromatic nitrogens is 3. The Hall–Kier alpha value is -3.84. The van der Waals surface area contributed by atoms with Crippen molar-refractivity contribution in [2.45, 2.75) is 13.8 Å². The summed E-state index contributed by atoms with van der Waals surface area (Å²) in [5.41, 5.74) is 5.05. The number of hydrogen-bond donors (Lipinski definition) is 2. The highest BCUT2D eigenvalue weighted by molar-refractivity contribution is 7.21. The Kier molecular flexibility index (Phi) is 4.60. The van der Waals surface area contributed by atoms with Crippen LogP contribution in [-0.4, -0.2) is 26.6 Å². The molecule has 152 valence electrons. The molecule has 1 amide bonds. The van der Waals surface area contributed by atoms with Crippen LogP contribution in [-0.2, 0) is 4.79 Å². The predicted octanol–water partition coefficient (Wildman–Crippen LogP) is 5.28. The Morgan fingerprint density at radius 1 is 1.03 bits per heavy atom. The van der Waals surface area contributed by atoms with Gasteiger partial charge in [-0.15, -0.1) is 0 Å². The van der Waals surface area contributed by atoms with Crippen molar-refractivity contribution in [1.82, 2.24) is 15.0 Å². The Labute approximate surface area is 182 Å². The maximum Gasteiger partial charge on any atom is 0.296 e. The highest BCUT2D eigenvalue weighted by Gasteiger charge is 2.23. The van der Waals surface area contributed by atoms with Gasteiger partial charge in [-0.05, 0) is 43.7 Å². The van der Waals surface area contributed by atoms with E-state index in [0.717, 1.165) is 37.4 Å². The zero-order valence-electron chi connectivity index (χ0n) is 16.9. The van der Waals surface area contributed by atoms with Gasteiger partial charge in [0.1, 0.15) is 15.4 Å². The SMILES string of the molecule is Cc1ccc(-c2nc3cccnc3s2)cc1NC(=O)C(=O)c1c(C)[nH]c2ccccc12. The van der Waals surface area contributed by atoms with Gasteiger partial charge in [-0.25, -0.2) is 9.97 Å². The normalized spacial score (nSPS) is 11.2. The maximum atomic E-state index is 13.0. The number of aryl methyl sites for hydroxylation is 2. The summed E-state index contributed by atoms with van der Waals surface area (Å²) in [7, 11) is 0. The number of rotatable bonds is 4. The zero-order valence-corrected chi connectivity index (χ0v) is 17.7. The van der Waals surface area contributed by atoms with E-state index in [9.17, 15) is 9.59 Å². The van der Waals surface area contributed by atoms with Crippen LogP contribution >= 0.6 is 11.3 Å². The number of para-hydroxylation sites is 1. The second kappa shape index (κ2) is 7.45. The third-order valence-electron chi connectivity index (χ3n) is 5.23. The van der Waals surface area contributed by atoms with Crippen LogP contribution in [0, 0.1) is 13.8 Å². The molecule has 0 radical (unpaired) electrons. The quantitative estimate of drug-likeness (QED) is 0.302. The van der Waals surface area contributed by atoms with Gasteiger partial charge < -0.3 is 10.3 Å². The van der Waals surface area contributed by atoms with Crippen molar-refractivity contribution >= 4 is 50.0 Å². The number of fused-ring (bicyclic) bond motifs is 2. The summed E-state index contributed by atoms with van der Waals surface area (Å²) in [4.78, 5) is 38.8. The molecule has 2 N–H and O–H groups in total. The third-order valence-corrected chi connectivity index (χ3v) is 6.25. The van der Waals surface area contributed by atoms with Crippen molar-refractivity contribution < 1.29 is 9.59 Å². The van der Waals surface area contributed by atoms with Gasteiger partial charge in [0.15, 0.2) is 0 Å². The smallest absolute Gasteiger partial charge is 0.296 e. The van der Waals surface area contributed by atoms with Crippen LogP contribution in [0.25, 0.3) is 31.8 Å². The van der Waals surface area contributed by atoms with Crippen LogP contribution < -0.4 is 5.32 Å². The average Bonchev–Trinajstić information content (AvgIpc) is 3.35. The van der Waals surface area contributed by atoms with Gasteiger partial charge >= 0.3 is 0 Å². The van der Waals surface area contributed by atoms with E-state index in [1.807, 2.05) is 61.5 Å². The third kappa shape index (κ3) is 3.39. The molecule has 0 aliphatic carbocycles. The summed E-state index contributed by atoms with van der Waals surface area (Å²) < 4.78 is 0. The number of thiazole rings is 1. The molecule has 0 saturated heterocycles. The highest BCUT2D eigenvalue weighted by Crippen LogP contribution is 2.31. The number of pyridine rings is 1. The van der Waals surface area contributed by atoms with Gasteiger partial charge in [0.25, 0.3) is 11.7 Å². The van der Waals surface area contributed by atoms with Gasteiger partial charge in [-0.3, -0.25) is 9.59 Å². The Balaban J connectivity index is 1.46. The maximum absolute atomic E-state index is 13.0. The van der Waals surface area contributed by atoms with Crippen molar-refractivity contribution in [3.05, 3.63) is 77.6 Å². The lowest BCUT2D eigenvalue weighted by Gasteiger charge is -2.09. The summed E-state index contributed by atoms with van der Waals surface area (Å²) in [6, 6.07) is 16.9. The van der Waals surface area contributed by atoms with E-state index >= 15 is 0 Å². The highest BCUT2D eigenvalue weighted by atomic mass is 32.1. The van der Waals surface area contributed by atoms with E-state index in [1.54, 1.807) is 13.1 Å². The lowest BCUT2D eigenvalue weighted by molar-refractivity contribution is -0.112. The van der Waals surface area contributed by atoms with E-state index in [1.165, 1.54) is 11.3 Å². The summed E-state index contributed by atoms with van der Waals surface area (Å²) >= 11 is 1.49. The summed E-state index contributed by atoms with van der Waals surface area (Å²) in [6.45, 7) is 3.69. The number of aromatic amines is 1. The standard InChI is InChI=1S/C24H18N4O2S/c1-13-9-10-15(23-28-18-8-5-11-25-24(18)31-23)12-19(13)27-22(30)21(29)20-14(2)26-17-7-4-3-6-16(17)20/h3-12,26H,1-2H3,(H,27,30). The van der Waals surface area contributed by atoms with Crippen LogP contribution in [0.15, 0.2) is 60.8 Å². The van der Waals surface area contributed by atoms with Crippen molar-refractivity contribution in [3.63, 3.8) is 0 Å². The van der Waals surface area contributed by atoms with Gasteiger partial charge in [0, 0.05) is 34.0 Å². The number of anilines is 1. The van der Waals surface area contributed by atoms with Crippen molar-refractivity contribution in [1.29, 1.82) is 0 Å². The largest absolute Gasteiger partial charge is 0.358 e. The first-order valence-corrected chi connectivity index (χ1v) is 10.6. The molecular formula is C24H18N4O2S. The van der Waals surface area contributed by atoms with Crippen LogP contribution in [0.2, 0.25) is 0 Å². The lowest BCUT2D eigenvalue weighted by Crippen LogP contribution is -2.23. The van der Waals surface area contributed by atoms with Crippen LogP contribution in [0.1, 0.15) is 21.6 Å². The minimum Gasteiger partial charge on any atom is -0.358 e. The molecule has 0 saturated carbocycles. The molecule has 3 aromatic heterocycles. The summed E-state index contributed by atoms with van der Waals surface area (Å²) in [6.07, 6.45) is 1.74. The monoisotopic (exact) mass is 426 g/mol. The number of carbonyl (C=O) groups is 2. The predicted molar refractivity (Wildman–Crippen MR) is 124 cm³/mol. The first-order valence-electron chi connectivity index (χ1n) is 9.77. The van der Waals surface area contributed by atoms with Crippen molar-refractivity contribution in [3.8, 4) is 10.6 Å². The van der Waals surface area contributed by atoms with Gasteiger partial charge in [-0.2, -0.15) is 0 Å². The second-order valence-electron chi connectivity index (χ2n) is 7.33. The van der Waals surface area contributed by atoms with E-state index in [4.69, 9.17) is 0 Å². The van der Waals surface area contributed by atoms with Crippen LogP contribution in [0.5, 0.6) is 0 Å². The molecule has 6 nitrogen and oxygen atoms in total. The molecule has 7 heteroatoms. The molecule has 5 rings (SSSR count). The minimum atomic E-state index is -0.668. The number of nitrogens with zero attached hydrogens (tertiary/aromatic N) is 2. The number of carbonyl (C=O) groups excluding carboxylic acids is 2. The van der Waals surface area contributed by atoms with Gasteiger partial charge in [0.2, 0.25) is 0 Å². The molecule has 31 heavy (non-hydrogen) atoms. The number of nitrogens with one attached hydrogen (secondary N) is 2. The fraction of sp³-hybridized carbons (Fsp3) is 0.0833. The lowest BCUT2D eigenvalue weighted by atomic mass is 10.1. The molecule has 0 aliphatic heterocycles. The molecular weight excluding hydrogens is 408 g/mol. The minimum absolute atomic E-state index is 0.402. The summed E-state index contributed by atoms with van der Waals surface area (Å²) in [5.74, 6) is -1.23. The Bertz CT molecular complexity index is 1450. The van der Waals surface area contributed by atoms with E-state index < -0.39 is 11.7 Å². The van der Waals surface area contributed by atoms with Gasteiger partial charge in [0.05, 0.1) is 5.56 Å². The number of ketones is 1. The molecule has 2 aromatic carbocycles. The van der Waals surface area contributed by atoms with E-state index in [2.05, 4.69) is 20.3 Å². The molecule has 0 aliphatic rings. The Morgan fingerprint density at radius 2 is 1.87 bits per heavy atom. The number of H-pyrrole nitrogens is 1. The molecule has 5 aromatic rings. The first-order chi connectivity index (χ1) is 15.0. The van der Waals surface area contributed by atoms with Crippen LogP contribution in [0.4, 0.5) is 5.69 Å². The molecule has 3 heterocycles. The number of hydrogen-bond acceptors (Lipinski definition) is 5. The van der Waals surface area contributed by atoms with Crippen molar-refractivity contribution in [2.75, 3.05) is 5.32 Å². The van der Waals surface area contributed by atoms with Crippen molar-refractivity contribution in [2.24, 2.45) is 0 Å².